The number of rotatable bonds is 5. The van der Waals surface area contributed by atoms with Crippen molar-refractivity contribution < 1.29 is 14.6 Å². The van der Waals surface area contributed by atoms with Crippen molar-refractivity contribution >= 4 is 28.3 Å². The smallest absolute Gasteiger partial charge is 0.337 e. The summed E-state index contributed by atoms with van der Waals surface area (Å²) in [6.45, 7) is 0. The second-order valence-electron chi connectivity index (χ2n) is 7.72. The predicted octanol–water partition coefficient (Wildman–Crippen LogP) is 5.89. The number of aromatic amines is 1. The van der Waals surface area contributed by atoms with E-state index in [0.717, 1.165) is 27.8 Å². The van der Waals surface area contributed by atoms with E-state index in [4.69, 9.17) is 9.73 Å². The number of aliphatic imine (C=N–C) groups is 1. The second kappa shape index (κ2) is 9.03. The molecule has 6 nitrogen and oxygen atoms in total. The second-order valence-corrected chi connectivity index (χ2v) is 7.72. The summed E-state index contributed by atoms with van der Waals surface area (Å²) in [4.78, 5) is 24.0. The van der Waals surface area contributed by atoms with Crippen LogP contribution in [0.1, 0.15) is 21.5 Å². The number of H-pyrrole nitrogens is 1. The average molecular weight is 447 g/mol. The van der Waals surface area contributed by atoms with Crippen LogP contribution in [0.3, 0.4) is 0 Å². The molecule has 2 aromatic heterocycles. The van der Waals surface area contributed by atoms with Crippen LogP contribution in [-0.2, 0) is 4.74 Å². The quantitative estimate of drug-likeness (QED) is 0.260. The molecule has 0 radical (unpaired) electrons. The zero-order valence-electron chi connectivity index (χ0n) is 18.4. The minimum Gasteiger partial charge on any atom is -0.494 e. The Bertz CT molecular complexity index is 1490. The first-order valence-electron chi connectivity index (χ1n) is 10.7. The Morgan fingerprint density at radius 3 is 2.41 bits per heavy atom. The highest BCUT2D eigenvalue weighted by Gasteiger charge is 2.20. The number of benzene rings is 3. The summed E-state index contributed by atoms with van der Waals surface area (Å²) in [6.07, 6.45) is 3.57. The van der Waals surface area contributed by atoms with Crippen LogP contribution in [0.25, 0.3) is 22.0 Å². The van der Waals surface area contributed by atoms with Gasteiger partial charge in [-0.15, -0.1) is 0 Å². The Kier molecular flexibility index (Phi) is 5.62. The number of hydrogen-bond acceptors (Lipinski definition) is 5. The van der Waals surface area contributed by atoms with Crippen LogP contribution in [0.15, 0.2) is 102 Å². The van der Waals surface area contributed by atoms with Crippen molar-refractivity contribution in [2.24, 2.45) is 4.99 Å². The predicted molar refractivity (Wildman–Crippen MR) is 133 cm³/mol. The number of hydrogen-bond donors (Lipinski definition) is 2. The van der Waals surface area contributed by atoms with E-state index in [-0.39, 0.29) is 5.88 Å². The number of carbonyl (C=O) groups is 1. The Labute approximate surface area is 196 Å². The molecule has 0 saturated carbocycles. The van der Waals surface area contributed by atoms with Gasteiger partial charge in [-0.05, 0) is 41.5 Å². The summed E-state index contributed by atoms with van der Waals surface area (Å²) in [5, 5.41) is 11.6. The van der Waals surface area contributed by atoms with E-state index in [1.54, 1.807) is 24.4 Å². The summed E-state index contributed by atoms with van der Waals surface area (Å²) < 4.78 is 4.82. The highest BCUT2D eigenvalue weighted by Crippen LogP contribution is 2.32. The number of pyridine rings is 1. The molecule has 5 rings (SSSR count). The maximum Gasteiger partial charge on any atom is 0.337 e. The lowest BCUT2D eigenvalue weighted by Crippen LogP contribution is -2.03. The summed E-state index contributed by atoms with van der Waals surface area (Å²) in [5.74, 6) is -0.463. The molecule has 0 aliphatic heterocycles. The van der Waals surface area contributed by atoms with Crippen molar-refractivity contribution in [1.29, 1.82) is 0 Å². The van der Waals surface area contributed by atoms with Crippen LogP contribution in [0.5, 0.6) is 5.88 Å². The van der Waals surface area contributed by atoms with Crippen molar-refractivity contribution in [2.45, 2.75) is 0 Å². The molecule has 6 heteroatoms. The standard InChI is InChI=1S/C28H21N3O3/c1-34-28(33)20-11-14-23-24(16-20)31-27(32)25(23)26(19-6-3-2-4-7-19)30-22-12-9-18(10-13-22)21-8-5-15-29-17-21/h2-17,31-32H,1H3. The molecule has 2 N–H and O–H groups in total. The molecule has 0 spiro atoms. The van der Waals surface area contributed by atoms with Crippen molar-refractivity contribution in [1.82, 2.24) is 9.97 Å². The van der Waals surface area contributed by atoms with Gasteiger partial charge in [0.1, 0.15) is 0 Å². The van der Waals surface area contributed by atoms with E-state index in [2.05, 4.69) is 9.97 Å². The third-order valence-electron chi connectivity index (χ3n) is 5.59. The minimum absolute atomic E-state index is 0.0217. The number of fused-ring (bicyclic) bond motifs is 1. The van der Waals surface area contributed by atoms with Gasteiger partial charge in [-0.25, -0.2) is 9.79 Å². The highest BCUT2D eigenvalue weighted by molar-refractivity contribution is 6.22. The van der Waals surface area contributed by atoms with E-state index >= 15 is 0 Å². The van der Waals surface area contributed by atoms with Crippen LogP contribution >= 0.6 is 0 Å². The topological polar surface area (TPSA) is 87.6 Å². The maximum atomic E-state index is 11.9. The van der Waals surface area contributed by atoms with Gasteiger partial charge >= 0.3 is 5.97 Å². The Hall–Kier alpha value is -4.71. The first-order chi connectivity index (χ1) is 16.6. The van der Waals surface area contributed by atoms with Crippen LogP contribution in [0.4, 0.5) is 5.69 Å². The monoisotopic (exact) mass is 447 g/mol. The number of nitrogens with one attached hydrogen (secondary N) is 1. The number of nitrogens with zero attached hydrogens (tertiary/aromatic N) is 2. The summed E-state index contributed by atoms with van der Waals surface area (Å²) in [6, 6.07) is 26.6. The summed E-state index contributed by atoms with van der Waals surface area (Å²) >= 11 is 0. The molecule has 0 aliphatic rings. The molecular weight excluding hydrogens is 426 g/mol. The lowest BCUT2D eigenvalue weighted by Gasteiger charge is -2.08. The molecule has 0 saturated heterocycles. The van der Waals surface area contributed by atoms with Gasteiger partial charge in [0.05, 0.1) is 29.6 Å². The molecule has 0 fully saturated rings. The van der Waals surface area contributed by atoms with Gasteiger partial charge in [0.15, 0.2) is 5.88 Å². The molecule has 5 aromatic rings. The largest absolute Gasteiger partial charge is 0.494 e. The van der Waals surface area contributed by atoms with Gasteiger partial charge in [-0.2, -0.15) is 0 Å². The number of aromatic nitrogens is 2. The Morgan fingerprint density at radius 2 is 1.71 bits per heavy atom. The van der Waals surface area contributed by atoms with Crippen LogP contribution in [-0.4, -0.2) is 33.9 Å². The lowest BCUT2D eigenvalue weighted by atomic mass is 10.00. The third kappa shape index (κ3) is 4.04. The van der Waals surface area contributed by atoms with Crippen LogP contribution < -0.4 is 0 Å². The van der Waals surface area contributed by atoms with E-state index in [9.17, 15) is 9.90 Å². The molecule has 0 unspecified atom stereocenters. The molecule has 0 atom stereocenters. The molecule has 166 valence electrons. The van der Waals surface area contributed by atoms with Gasteiger partial charge in [-0.3, -0.25) is 4.98 Å². The SMILES string of the molecule is COC(=O)c1ccc2c(C(=Nc3ccc(-c4cccnc4)cc3)c3ccccc3)c(O)[nH]c2c1. The zero-order chi connectivity index (χ0) is 23.5. The van der Waals surface area contributed by atoms with Gasteiger partial charge in [0.2, 0.25) is 0 Å². The summed E-state index contributed by atoms with van der Waals surface area (Å²) in [7, 11) is 1.34. The Balaban J connectivity index is 1.63. The van der Waals surface area contributed by atoms with Gasteiger partial charge in [0.25, 0.3) is 0 Å². The van der Waals surface area contributed by atoms with Gasteiger partial charge in [-0.1, -0.05) is 54.6 Å². The molecule has 3 aromatic carbocycles. The Morgan fingerprint density at radius 1 is 0.912 bits per heavy atom. The van der Waals surface area contributed by atoms with Crippen LogP contribution in [0, 0.1) is 0 Å². The molecule has 2 heterocycles. The van der Waals surface area contributed by atoms with Crippen molar-refractivity contribution in [3.05, 3.63) is 114 Å². The molecule has 0 amide bonds. The number of esters is 1. The number of methoxy groups -OCH3 is 1. The van der Waals surface area contributed by atoms with E-state index in [0.29, 0.717) is 22.4 Å². The molecule has 0 aliphatic carbocycles. The minimum atomic E-state index is -0.441. The molecule has 0 bridgehead atoms. The van der Waals surface area contributed by atoms with E-state index < -0.39 is 5.97 Å². The van der Waals surface area contributed by atoms with Gasteiger partial charge < -0.3 is 14.8 Å². The lowest BCUT2D eigenvalue weighted by molar-refractivity contribution is 0.0601. The number of ether oxygens (including phenoxy) is 1. The molecular formula is C28H21N3O3. The van der Waals surface area contributed by atoms with Crippen LogP contribution in [0.2, 0.25) is 0 Å². The first kappa shape index (κ1) is 21.2. The summed E-state index contributed by atoms with van der Waals surface area (Å²) in [5.41, 5.74) is 5.85. The third-order valence-corrected chi connectivity index (χ3v) is 5.59. The first-order valence-corrected chi connectivity index (χ1v) is 10.7. The van der Waals surface area contributed by atoms with E-state index in [1.165, 1.54) is 7.11 Å². The fourth-order valence-electron chi connectivity index (χ4n) is 3.92. The molecule has 34 heavy (non-hydrogen) atoms. The number of carbonyl (C=O) groups excluding carboxylic acids is 1. The van der Waals surface area contributed by atoms with Gasteiger partial charge in [0, 0.05) is 28.9 Å². The fourth-order valence-corrected chi connectivity index (χ4v) is 3.92. The van der Waals surface area contributed by atoms with Crippen molar-refractivity contribution in [3.63, 3.8) is 0 Å². The highest BCUT2D eigenvalue weighted by atomic mass is 16.5. The van der Waals surface area contributed by atoms with Crippen molar-refractivity contribution in [3.8, 4) is 17.0 Å². The van der Waals surface area contributed by atoms with E-state index in [1.807, 2.05) is 72.9 Å². The fraction of sp³-hybridized carbons (Fsp3) is 0.0357. The number of aromatic hydroxyl groups is 1. The van der Waals surface area contributed by atoms with Crippen molar-refractivity contribution in [2.75, 3.05) is 7.11 Å². The zero-order valence-corrected chi connectivity index (χ0v) is 18.4. The maximum absolute atomic E-state index is 11.9. The average Bonchev–Trinajstić information content (AvgIpc) is 3.22. The normalized spacial score (nSPS) is 11.5.